The summed E-state index contributed by atoms with van der Waals surface area (Å²) in [5, 5.41) is 0. The second-order valence-electron chi connectivity index (χ2n) is 5.41. The van der Waals surface area contributed by atoms with Crippen LogP contribution in [0.25, 0.3) is 22.4 Å². The van der Waals surface area contributed by atoms with Gasteiger partial charge in [-0.2, -0.15) is 0 Å². The minimum absolute atomic E-state index is 0.952. The van der Waals surface area contributed by atoms with E-state index in [1.54, 1.807) is 0 Å². The number of nitrogens with one attached hydrogen (secondary N) is 1. The Bertz CT molecular complexity index is 708. The summed E-state index contributed by atoms with van der Waals surface area (Å²) in [7, 11) is 0. The van der Waals surface area contributed by atoms with Crippen molar-refractivity contribution in [1.82, 2.24) is 9.97 Å². The van der Waals surface area contributed by atoms with Gasteiger partial charge in [0.1, 0.15) is 5.82 Å². The van der Waals surface area contributed by atoms with Crippen LogP contribution in [-0.4, -0.2) is 9.97 Å². The lowest BCUT2D eigenvalue weighted by Gasteiger charge is -2.01. The molecular weight excluding hydrogens is 244 g/mol. The van der Waals surface area contributed by atoms with Crippen LogP contribution in [0.1, 0.15) is 30.9 Å². The highest BCUT2D eigenvalue weighted by Crippen LogP contribution is 2.22. The number of benzene rings is 2. The van der Waals surface area contributed by atoms with E-state index < -0.39 is 0 Å². The highest BCUT2D eigenvalue weighted by Gasteiger charge is 2.05. The van der Waals surface area contributed by atoms with Gasteiger partial charge in [-0.1, -0.05) is 43.7 Å². The molecular formula is C18H20N2. The van der Waals surface area contributed by atoms with Gasteiger partial charge in [0.2, 0.25) is 0 Å². The molecule has 0 aliphatic heterocycles. The van der Waals surface area contributed by atoms with Crippen LogP contribution < -0.4 is 0 Å². The van der Waals surface area contributed by atoms with Crippen molar-refractivity contribution in [2.75, 3.05) is 0 Å². The Labute approximate surface area is 119 Å². The molecule has 1 heterocycles. The quantitative estimate of drug-likeness (QED) is 0.714. The zero-order valence-corrected chi connectivity index (χ0v) is 12.1. The predicted molar refractivity (Wildman–Crippen MR) is 84.9 cm³/mol. The number of aromatic nitrogens is 2. The summed E-state index contributed by atoms with van der Waals surface area (Å²) >= 11 is 0. The third-order valence-electron chi connectivity index (χ3n) is 3.68. The summed E-state index contributed by atoms with van der Waals surface area (Å²) in [4.78, 5) is 8.06. The molecule has 0 amide bonds. The molecule has 0 aliphatic rings. The van der Waals surface area contributed by atoms with Crippen molar-refractivity contribution in [1.29, 1.82) is 0 Å². The third kappa shape index (κ3) is 2.60. The number of H-pyrrole nitrogens is 1. The van der Waals surface area contributed by atoms with Crippen LogP contribution in [0.15, 0.2) is 42.5 Å². The standard InChI is InChI=1S/C18H20N2/c1-3-4-5-14-7-9-15(10-8-14)18-19-16-11-6-13(2)12-17(16)20-18/h6-12H,3-5H2,1-2H3,(H,19,20). The molecule has 0 fully saturated rings. The first kappa shape index (κ1) is 12.9. The van der Waals surface area contributed by atoms with Gasteiger partial charge in [-0.25, -0.2) is 4.98 Å². The van der Waals surface area contributed by atoms with Crippen LogP contribution in [0.2, 0.25) is 0 Å². The summed E-state index contributed by atoms with van der Waals surface area (Å²) in [5.41, 5.74) is 5.94. The normalized spacial score (nSPS) is 11.1. The van der Waals surface area contributed by atoms with E-state index in [1.165, 1.54) is 24.0 Å². The Morgan fingerprint density at radius 3 is 2.60 bits per heavy atom. The number of fused-ring (bicyclic) bond motifs is 1. The van der Waals surface area contributed by atoms with Crippen molar-refractivity contribution in [2.45, 2.75) is 33.1 Å². The van der Waals surface area contributed by atoms with Crippen LogP contribution >= 0.6 is 0 Å². The molecule has 0 radical (unpaired) electrons. The number of imidazole rings is 1. The van der Waals surface area contributed by atoms with Gasteiger partial charge in [0, 0.05) is 5.56 Å². The highest BCUT2D eigenvalue weighted by molar-refractivity contribution is 5.79. The van der Waals surface area contributed by atoms with E-state index in [1.807, 2.05) is 0 Å². The minimum Gasteiger partial charge on any atom is -0.338 e. The fourth-order valence-electron chi connectivity index (χ4n) is 2.47. The second kappa shape index (κ2) is 5.49. The second-order valence-corrected chi connectivity index (χ2v) is 5.41. The summed E-state index contributed by atoms with van der Waals surface area (Å²) in [6.45, 7) is 4.33. The highest BCUT2D eigenvalue weighted by atomic mass is 14.9. The first-order valence-corrected chi connectivity index (χ1v) is 7.32. The summed E-state index contributed by atoms with van der Waals surface area (Å²) in [5.74, 6) is 0.952. The van der Waals surface area contributed by atoms with Crippen molar-refractivity contribution >= 4 is 11.0 Å². The van der Waals surface area contributed by atoms with Crippen LogP contribution in [0.5, 0.6) is 0 Å². The van der Waals surface area contributed by atoms with E-state index >= 15 is 0 Å². The maximum Gasteiger partial charge on any atom is 0.138 e. The maximum atomic E-state index is 4.66. The van der Waals surface area contributed by atoms with Gasteiger partial charge >= 0.3 is 0 Å². The third-order valence-corrected chi connectivity index (χ3v) is 3.68. The van der Waals surface area contributed by atoms with Crippen LogP contribution in [-0.2, 0) is 6.42 Å². The lowest BCUT2D eigenvalue weighted by atomic mass is 10.1. The summed E-state index contributed by atoms with van der Waals surface area (Å²) < 4.78 is 0. The molecule has 1 N–H and O–H groups in total. The molecule has 2 aromatic carbocycles. The molecule has 2 heteroatoms. The van der Waals surface area contributed by atoms with Gasteiger partial charge in [0.15, 0.2) is 0 Å². The van der Waals surface area contributed by atoms with Crippen molar-refractivity contribution in [3.05, 3.63) is 53.6 Å². The molecule has 0 spiro atoms. The Balaban J connectivity index is 1.90. The number of hydrogen-bond acceptors (Lipinski definition) is 1. The van der Waals surface area contributed by atoms with Gasteiger partial charge in [-0.05, 0) is 43.0 Å². The van der Waals surface area contributed by atoms with Gasteiger partial charge in [0.05, 0.1) is 11.0 Å². The van der Waals surface area contributed by atoms with E-state index in [4.69, 9.17) is 0 Å². The van der Waals surface area contributed by atoms with Crippen molar-refractivity contribution in [3.63, 3.8) is 0 Å². The minimum atomic E-state index is 0.952. The predicted octanol–water partition coefficient (Wildman–Crippen LogP) is 4.88. The Hall–Kier alpha value is -2.09. The monoisotopic (exact) mass is 264 g/mol. The Morgan fingerprint density at radius 2 is 1.85 bits per heavy atom. The first-order valence-electron chi connectivity index (χ1n) is 7.32. The molecule has 3 rings (SSSR count). The van der Waals surface area contributed by atoms with Crippen molar-refractivity contribution < 1.29 is 0 Å². The lowest BCUT2D eigenvalue weighted by molar-refractivity contribution is 0.795. The molecule has 20 heavy (non-hydrogen) atoms. The van der Waals surface area contributed by atoms with Crippen molar-refractivity contribution in [2.24, 2.45) is 0 Å². The van der Waals surface area contributed by atoms with E-state index in [-0.39, 0.29) is 0 Å². The molecule has 3 aromatic rings. The maximum absolute atomic E-state index is 4.66. The molecule has 2 nitrogen and oxygen atoms in total. The number of aryl methyl sites for hydroxylation is 2. The van der Waals surface area contributed by atoms with E-state index in [0.717, 1.165) is 28.8 Å². The summed E-state index contributed by atoms with van der Waals surface area (Å²) in [6.07, 6.45) is 3.66. The molecule has 0 saturated carbocycles. The fraction of sp³-hybridized carbons (Fsp3) is 0.278. The van der Waals surface area contributed by atoms with E-state index in [9.17, 15) is 0 Å². The number of rotatable bonds is 4. The molecule has 102 valence electrons. The molecule has 1 aromatic heterocycles. The molecule has 0 unspecified atom stereocenters. The largest absolute Gasteiger partial charge is 0.338 e. The number of unbranched alkanes of at least 4 members (excludes halogenated alkanes) is 1. The Morgan fingerprint density at radius 1 is 1.05 bits per heavy atom. The average Bonchev–Trinajstić information content (AvgIpc) is 2.88. The van der Waals surface area contributed by atoms with E-state index in [0.29, 0.717) is 0 Å². The van der Waals surface area contributed by atoms with E-state index in [2.05, 4.69) is 66.3 Å². The number of aromatic amines is 1. The SMILES string of the molecule is CCCCc1ccc(-c2nc3ccc(C)cc3[nH]2)cc1. The van der Waals surface area contributed by atoms with Gasteiger partial charge < -0.3 is 4.98 Å². The van der Waals surface area contributed by atoms with Crippen LogP contribution in [0.3, 0.4) is 0 Å². The van der Waals surface area contributed by atoms with Crippen LogP contribution in [0.4, 0.5) is 0 Å². The number of hydrogen-bond donors (Lipinski definition) is 1. The molecule has 0 saturated heterocycles. The molecule has 0 aliphatic carbocycles. The Kier molecular flexibility index (Phi) is 3.55. The number of nitrogens with zero attached hydrogens (tertiary/aromatic N) is 1. The zero-order chi connectivity index (χ0) is 13.9. The van der Waals surface area contributed by atoms with Crippen LogP contribution in [0, 0.1) is 6.92 Å². The first-order chi connectivity index (χ1) is 9.76. The van der Waals surface area contributed by atoms with Gasteiger partial charge in [-0.3, -0.25) is 0 Å². The lowest BCUT2D eigenvalue weighted by Crippen LogP contribution is -1.85. The zero-order valence-electron chi connectivity index (χ0n) is 12.1. The van der Waals surface area contributed by atoms with Gasteiger partial charge in [0.25, 0.3) is 0 Å². The van der Waals surface area contributed by atoms with Gasteiger partial charge in [-0.15, -0.1) is 0 Å². The fourth-order valence-corrected chi connectivity index (χ4v) is 2.47. The topological polar surface area (TPSA) is 28.7 Å². The summed E-state index contributed by atoms with van der Waals surface area (Å²) in [6, 6.07) is 15.1. The van der Waals surface area contributed by atoms with Crippen molar-refractivity contribution in [3.8, 4) is 11.4 Å². The molecule has 0 atom stereocenters. The average molecular weight is 264 g/mol. The molecule has 0 bridgehead atoms. The smallest absolute Gasteiger partial charge is 0.138 e.